The molecular weight excluding hydrogens is 329 g/mol. The predicted octanol–water partition coefficient (Wildman–Crippen LogP) is 3.12. The molecule has 4 nitrogen and oxygen atoms in total. The first-order valence-electron chi connectivity index (χ1n) is 7.66. The Hall–Kier alpha value is -2.21. The van der Waals surface area contributed by atoms with Gasteiger partial charge in [-0.2, -0.15) is 0 Å². The summed E-state index contributed by atoms with van der Waals surface area (Å²) < 4.78 is 37.3. The molecule has 0 aromatic heterocycles. The Morgan fingerprint density at radius 2 is 1.83 bits per heavy atom. The van der Waals surface area contributed by atoms with Gasteiger partial charge in [-0.05, 0) is 43.0 Å². The number of hydrogen-bond donors (Lipinski definition) is 1. The van der Waals surface area contributed by atoms with Crippen molar-refractivity contribution in [2.45, 2.75) is 19.8 Å². The minimum Gasteiger partial charge on any atom is -0.325 e. The first kappa shape index (κ1) is 18.1. The van der Waals surface area contributed by atoms with Gasteiger partial charge in [0.1, 0.15) is 11.6 Å². The molecule has 0 radical (unpaired) electrons. The Bertz CT molecular complexity index is 804. The van der Waals surface area contributed by atoms with E-state index in [0.29, 0.717) is 24.1 Å². The Balaban J connectivity index is 1.86. The summed E-state index contributed by atoms with van der Waals surface area (Å²) >= 11 is 0. The van der Waals surface area contributed by atoms with Crippen molar-refractivity contribution in [1.82, 2.24) is 0 Å². The van der Waals surface area contributed by atoms with E-state index in [4.69, 9.17) is 0 Å². The van der Waals surface area contributed by atoms with Crippen molar-refractivity contribution in [3.8, 4) is 0 Å². The van der Waals surface area contributed by atoms with Crippen molar-refractivity contribution < 1.29 is 17.6 Å². The van der Waals surface area contributed by atoms with Crippen LogP contribution < -0.4 is 5.32 Å². The summed E-state index contributed by atoms with van der Waals surface area (Å²) in [4.78, 5) is 11.9. The van der Waals surface area contributed by atoms with Crippen LogP contribution in [0.4, 0.5) is 10.1 Å². The number of aryl methyl sites for hydroxylation is 2. The lowest BCUT2D eigenvalue weighted by atomic mass is 10.1. The second-order valence-electron chi connectivity index (χ2n) is 5.69. The molecule has 0 heterocycles. The van der Waals surface area contributed by atoms with Crippen LogP contribution in [0.1, 0.15) is 17.5 Å². The van der Waals surface area contributed by atoms with E-state index in [0.717, 1.165) is 5.56 Å². The lowest BCUT2D eigenvalue weighted by Crippen LogP contribution is -2.25. The minimum absolute atomic E-state index is 0.0581. The number of nitrogens with one attached hydrogen (secondary N) is 1. The molecule has 0 saturated carbocycles. The third-order valence-corrected chi connectivity index (χ3v) is 5.20. The number of carbonyl (C=O) groups is 1. The summed E-state index contributed by atoms with van der Waals surface area (Å²) in [5.74, 6) is -1.79. The lowest BCUT2D eigenvalue weighted by Gasteiger charge is -2.09. The van der Waals surface area contributed by atoms with Gasteiger partial charge in [-0.15, -0.1) is 0 Å². The molecule has 0 unspecified atom stereocenters. The van der Waals surface area contributed by atoms with Crippen molar-refractivity contribution in [2.75, 3.05) is 16.8 Å². The van der Waals surface area contributed by atoms with Crippen LogP contribution in [0.5, 0.6) is 0 Å². The van der Waals surface area contributed by atoms with E-state index >= 15 is 0 Å². The largest absolute Gasteiger partial charge is 0.325 e. The molecule has 0 fully saturated rings. The van der Waals surface area contributed by atoms with Crippen molar-refractivity contribution >= 4 is 21.4 Å². The third-order valence-electron chi connectivity index (χ3n) is 3.59. The van der Waals surface area contributed by atoms with Gasteiger partial charge in [-0.3, -0.25) is 4.79 Å². The average Bonchev–Trinajstić information content (AvgIpc) is 2.51. The van der Waals surface area contributed by atoms with Gasteiger partial charge in [-0.1, -0.05) is 36.4 Å². The molecule has 1 N–H and O–H groups in total. The molecule has 0 aliphatic carbocycles. The molecule has 0 bridgehead atoms. The average molecular weight is 349 g/mol. The number of rotatable bonds is 7. The molecule has 0 aliphatic rings. The molecule has 0 aliphatic heterocycles. The summed E-state index contributed by atoms with van der Waals surface area (Å²) in [5, 5.41) is 2.46. The standard InChI is InChI=1S/C18H20FNO3S/c1-14-9-10-16(19)12-17(14)20-18(21)13-24(22,23)11-5-8-15-6-3-2-4-7-15/h2-4,6-7,9-10,12H,5,8,11,13H2,1H3,(H,20,21). The van der Waals surface area contributed by atoms with E-state index in [-0.39, 0.29) is 5.75 Å². The summed E-state index contributed by atoms with van der Waals surface area (Å²) in [5.41, 5.74) is 2.03. The SMILES string of the molecule is Cc1ccc(F)cc1NC(=O)CS(=O)(=O)CCCc1ccccc1. The Morgan fingerprint density at radius 1 is 1.12 bits per heavy atom. The molecule has 0 saturated heterocycles. The Kier molecular flexibility index (Phi) is 6.09. The van der Waals surface area contributed by atoms with Crippen molar-refractivity contribution in [3.63, 3.8) is 0 Å². The monoisotopic (exact) mass is 349 g/mol. The number of benzene rings is 2. The molecular formula is C18H20FNO3S. The Morgan fingerprint density at radius 3 is 2.54 bits per heavy atom. The quantitative estimate of drug-likeness (QED) is 0.835. The summed E-state index contributed by atoms with van der Waals surface area (Å²) in [7, 11) is -3.50. The highest BCUT2D eigenvalue weighted by atomic mass is 32.2. The van der Waals surface area contributed by atoms with Crippen LogP contribution in [-0.4, -0.2) is 25.8 Å². The van der Waals surface area contributed by atoms with Gasteiger partial charge in [0.2, 0.25) is 5.91 Å². The van der Waals surface area contributed by atoms with Crippen molar-refractivity contribution in [3.05, 3.63) is 65.5 Å². The highest BCUT2D eigenvalue weighted by molar-refractivity contribution is 7.92. The number of sulfone groups is 1. The van der Waals surface area contributed by atoms with Crippen LogP contribution in [0.3, 0.4) is 0 Å². The van der Waals surface area contributed by atoms with Gasteiger partial charge >= 0.3 is 0 Å². The van der Waals surface area contributed by atoms with Crippen LogP contribution in [0.15, 0.2) is 48.5 Å². The highest BCUT2D eigenvalue weighted by Crippen LogP contribution is 2.16. The zero-order valence-electron chi connectivity index (χ0n) is 13.5. The fraction of sp³-hybridized carbons (Fsp3) is 0.278. The number of hydrogen-bond acceptors (Lipinski definition) is 3. The van der Waals surface area contributed by atoms with Crippen LogP contribution in [0.2, 0.25) is 0 Å². The van der Waals surface area contributed by atoms with Crippen LogP contribution in [0.25, 0.3) is 0 Å². The number of halogens is 1. The maximum atomic E-state index is 13.2. The van der Waals surface area contributed by atoms with Crippen LogP contribution in [0, 0.1) is 12.7 Å². The number of carbonyl (C=O) groups excluding carboxylic acids is 1. The Labute approximate surface area is 141 Å². The maximum Gasteiger partial charge on any atom is 0.239 e. The maximum absolute atomic E-state index is 13.2. The van der Waals surface area contributed by atoms with Gasteiger partial charge in [0, 0.05) is 5.69 Å². The molecule has 6 heteroatoms. The van der Waals surface area contributed by atoms with E-state index in [9.17, 15) is 17.6 Å². The molecule has 128 valence electrons. The van der Waals surface area contributed by atoms with E-state index in [1.807, 2.05) is 30.3 Å². The van der Waals surface area contributed by atoms with Gasteiger partial charge in [0.15, 0.2) is 9.84 Å². The second-order valence-corrected chi connectivity index (χ2v) is 7.87. The smallest absolute Gasteiger partial charge is 0.239 e. The molecule has 0 spiro atoms. The zero-order chi connectivity index (χ0) is 17.6. The first-order chi connectivity index (χ1) is 11.4. The zero-order valence-corrected chi connectivity index (χ0v) is 14.3. The van der Waals surface area contributed by atoms with Crippen molar-refractivity contribution in [2.24, 2.45) is 0 Å². The molecule has 2 rings (SSSR count). The molecule has 1 amide bonds. The summed E-state index contributed by atoms with van der Waals surface area (Å²) in [6.07, 6.45) is 1.10. The number of anilines is 1. The topological polar surface area (TPSA) is 63.2 Å². The van der Waals surface area contributed by atoms with E-state index in [2.05, 4.69) is 5.32 Å². The minimum atomic E-state index is -3.50. The molecule has 24 heavy (non-hydrogen) atoms. The second kappa shape index (κ2) is 8.06. The van der Waals surface area contributed by atoms with E-state index < -0.39 is 27.3 Å². The molecule has 2 aromatic rings. The van der Waals surface area contributed by atoms with Crippen LogP contribution >= 0.6 is 0 Å². The van der Waals surface area contributed by atoms with Gasteiger partial charge in [0.05, 0.1) is 5.75 Å². The van der Waals surface area contributed by atoms with Gasteiger partial charge in [0.25, 0.3) is 0 Å². The normalized spacial score (nSPS) is 11.2. The molecule has 0 atom stereocenters. The highest BCUT2D eigenvalue weighted by Gasteiger charge is 2.17. The summed E-state index contributed by atoms with van der Waals surface area (Å²) in [6.45, 7) is 1.71. The third kappa shape index (κ3) is 5.77. The first-order valence-corrected chi connectivity index (χ1v) is 9.48. The van der Waals surface area contributed by atoms with Crippen molar-refractivity contribution in [1.29, 1.82) is 0 Å². The summed E-state index contributed by atoms with van der Waals surface area (Å²) in [6, 6.07) is 13.6. The number of amides is 1. The predicted molar refractivity (Wildman–Crippen MR) is 93.2 cm³/mol. The lowest BCUT2D eigenvalue weighted by molar-refractivity contribution is -0.113. The fourth-order valence-electron chi connectivity index (χ4n) is 2.33. The van der Waals surface area contributed by atoms with Gasteiger partial charge in [-0.25, -0.2) is 12.8 Å². The fourth-order valence-corrected chi connectivity index (χ4v) is 3.53. The van der Waals surface area contributed by atoms with E-state index in [1.165, 1.54) is 18.2 Å². The van der Waals surface area contributed by atoms with Crippen LogP contribution in [-0.2, 0) is 21.1 Å². The van der Waals surface area contributed by atoms with Gasteiger partial charge < -0.3 is 5.32 Å². The van der Waals surface area contributed by atoms with E-state index in [1.54, 1.807) is 6.92 Å². The molecule has 2 aromatic carbocycles.